The second-order valence-electron chi connectivity index (χ2n) is 4.59. The van der Waals surface area contributed by atoms with Crippen molar-refractivity contribution in [3.8, 4) is 0 Å². The first-order chi connectivity index (χ1) is 9.53. The summed E-state index contributed by atoms with van der Waals surface area (Å²) in [7, 11) is 0. The van der Waals surface area contributed by atoms with Crippen molar-refractivity contribution < 1.29 is 4.79 Å². The molecule has 1 aromatic heterocycles. The summed E-state index contributed by atoms with van der Waals surface area (Å²) < 4.78 is 2.25. The smallest absolute Gasteiger partial charge is 0.331 e. The molecule has 112 valence electrons. The van der Waals surface area contributed by atoms with E-state index in [4.69, 9.17) is 5.73 Å². The van der Waals surface area contributed by atoms with Crippen molar-refractivity contribution in [2.75, 3.05) is 6.54 Å². The molecule has 0 radical (unpaired) electrons. The number of amides is 1. The Hall–Kier alpha value is -1.89. The van der Waals surface area contributed by atoms with Gasteiger partial charge in [-0.2, -0.15) is 0 Å². The van der Waals surface area contributed by atoms with Crippen LogP contribution in [0.3, 0.4) is 0 Å². The minimum absolute atomic E-state index is 0.0970. The summed E-state index contributed by atoms with van der Waals surface area (Å²) in [6.07, 6.45) is 3.01. The molecule has 0 aliphatic carbocycles. The quantitative estimate of drug-likeness (QED) is 0.689. The van der Waals surface area contributed by atoms with E-state index in [1.165, 1.54) is 16.8 Å². The molecule has 7 heteroatoms. The molecule has 7 nitrogen and oxygen atoms in total. The van der Waals surface area contributed by atoms with E-state index in [-0.39, 0.29) is 31.6 Å². The fourth-order valence-electron chi connectivity index (χ4n) is 1.93. The van der Waals surface area contributed by atoms with Gasteiger partial charge in [0.2, 0.25) is 5.91 Å². The fraction of sp³-hybridized carbons (Fsp3) is 0.615. The number of carbonyl (C=O) groups is 1. The van der Waals surface area contributed by atoms with Crippen LogP contribution in [0.15, 0.2) is 21.9 Å². The molecule has 20 heavy (non-hydrogen) atoms. The minimum Gasteiger partial charge on any atom is -0.352 e. The lowest BCUT2D eigenvalue weighted by atomic mass is 10.2. The number of carbonyl (C=O) groups excluding carboxylic acids is 1. The normalized spacial score (nSPS) is 10.8. The molecular weight excluding hydrogens is 260 g/mol. The first kappa shape index (κ1) is 16.2. The van der Waals surface area contributed by atoms with Crippen molar-refractivity contribution in [3.05, 3.63) is 33.1 Å². The molecule has 0 saturated carbocycles. The maximum Gasteiger partial charge on any atom is 0.331 e. The standard InChI is InChI=1S/C13H22N4O3/c1-3-10(4-2)15-11(18)9-16-7-5-12(19)17(8-6-14)13(16)20/h5,7,10H,3-4,6,8-9,14H2,1-2H3,(H,15,18). The Morgan fingerprint density at radius 2 is 2.00 bits per heavy atom. The van der Waals surface area contributed by atoms with Crippen molar-refractivity contribution in [2.45, 2.75) is 45.8 Å². The zero-order chi connectivity index (χ0) is 15.1. The van der Waals surface area contributed by atoms with E-state index in [9.17, 15) is 14.4 Å². The molecule has 0 spiro atoms. The lowest BCUT2D eigenvalue weighted by Crippen LogP contribution is -2.44. The van der Waals surface area contributed by atoms with Gasteiger partial charge in [0.25, 0.3) is 5.56 Å². The Morgan fingerprint density at radius 1 is 1.35 bits per heavy atom. The van der Waals surface area contributed by atoms with Crippen LogP contribution in [0.1, 0.15) is 26.7 Å². The molecule has 1 aromatic rings. The summed E-state index contributed by atoms with van der Waals surface area (Å²) in [5.74, 6) is -0.237. The zero-order valence-corrected chi connectivity index (χ0v) is 12.0. The molecule has 1 heterocycles. The molecule has 0 unspecified atom stereocenters. The van der Waals surface area contributed by atoms with Crippen molar-refractivity contribution >= 4 is 5.91 Å². The monoisotopic (exact) mass is 282 g/mol. The van der Waals surface area contributed by atoms with E-state index < -0.39 is 11.2 Å². The number of hydrogen-bond acceptors (Lipinski definition) is 4. The average Bonchev–Trinajstić information content (AvgIpc) is 2.44. The Bertz CT molecular complexity index is 557. The van der Waals surface area contributed by atoms with Crippen LogP contribution in [-0.2, 0) is 17.9 Å². The highest BCUT2D eigenvalue weighted by molar-refractivity contribution is 5.76. The molecule has 3 N–H and O–H groups in total. The molecule has 0 bridgehead atoms. The first-order valence-corrected chi connectivity index (χ1v) is 6.83. The van der Waals surface area contributed by atoms with Crippen LogP contribution >= 0.6 is 0 Å². The predicted octanol–water partition coefficient (Wildman–Crippen LogP) is -0.726. The molecule has 0 aromatic carbocycles. The van der Waals surface area contributed by atoms with Crippen LogP contribution < -0.4 is 22.3 Å². The third-order valence-electron chi connectivity index (χ3n) is 3.16. The maximum atomic E-state index is 12.0. The summed E-state index contributed by atoms with van der Waals surface area (Å²) in [5.41, 5.74) is 4.45. The van der Waals surface area contributed by atoms with Gasteiger partial charge in [0, 0.05) is 31.4 Å². The summed E-state index contributed by atoms with van der Waals surface area (Å²) in [5, 5.41) is 2.85. The lowest BCUT2D eigenvalue weighted by molar-refractivity contribution is -0.122. The van der Waals surface area contributed by atoms with Crippen LogP contribution in [0.25, 0.3) is 0 Å². The molecular formula is C13H22N4O3. The second kappa shape index (κ2) is 7.64. The summed E-state index contributed by atoms with van der Waals surface area (Å²) >= 11 is 0. The van der Waals surface area contributed by atoms with Crippen molar-refractivity contribution in [2.24, 2.45) is 5.73 Å². The summed E-state index contributed by atoms with van der Waals surface area (Å²) in [4.78, 5) is 35.4. The lowest BCUT2D eigenvalue weighted by Gasteiger charge is -2.15. The van der Waals surface area contributed by atoms with Crippen LogP contribution in [0.2, 0.25) is 0 Å². The summed E-state index contributed by atoms with van der Waals surface area (Å²) in [6.45, 7) is 4.22. The van der Waals surface area contributed by atoms with Crippen molar-refractivity contribution in [1.29, 1.82) is 0 Å². The molecule has 0 fully saturated rings. The van der Waals surface area contributed by atoms with E-state index in [0.717, 1.165) is 17.4 Å². The van der Waals surface area contributed by atoms with Gasteiger partial charge in [-0.05, 0) is 12.8 Å². The Kier molecular flexibility index (Phi) is 6.17. The second-order valence-corrected chi connectivity index (χ2v) is 4.59. The fourth-order valence-corrected chi connectivity index (χ4v) is 1.93. The van der Waals surface area contributed by atoms with Gasteiger partial charge in [0.15, 0.2) is 0 Å². The molecule has 0 saturated heterocycles. The number of rotatable bonds is 7. The van der Waals surface area contributed by atoms with Crippen molar-refractivity contribution in [1.82, 2.24) is 14.5 Å². The highest BCUT2D eigenvalue weighted by Crippen LogP contribution is 1.95. The van der Waals surface area contributed by atoms with Gasteiger partial charge in [-0.3, -0.25) is 18.7 Å². The molecule has 1 rings (SSSR count). The summed E-state index contributed by atoms with van der Waals surface area (Å²) in [6, 6.07) is 1.37. The van der Waals surface area contributed by atoms with Gasteiger partial charge in [0.05, 0.1) is 0 Å². The largest absolute Gasteiger partial charge is 0.352 e. The number of nitrogens with two attached hydrogens (primary N) is 1. The van der Waals surface area contributed by atoms with E-state index in [2.05, 4.69) is 5.32 Å². The Morgan fingerprint density at radius 3 is 2.55 bits per heavy atom. The Labute approximate surface area is 117 Å². The van der Waals surface area contributed by atoms with Crippen LogP contribution in [-0.4, -0.2) is 27.6 Å². The highest BCUT2D eigenvalue weighted by Gasteiger charge is 2.11. The van der Waals surface area contributed by atoms with Gasteiger partial charge in [0.1, 0.15) is 6.54 Å². The highest BCUT2D eigenvalue weighted by atomic mass is 16.2. The van der Waals surface area contributed by atoms with Gasteiger partial charge < -0.3 is 11.1 Å². The SMILES string of the molecule is CCC(CC)NC(=O)Cn1ccc(=O)n(CCN)c1=O. The van der Waals surface area contributed by atoms with Crippen LogP contribution in [0.5, 0.6) is 0 Å². The molecule has 0 aliphatic rings. The number of aromatic nitrogens is 2. The number of nitrogens with zero attached hydrogens (tertiary/aromatic N) is 2. The molecule has 1 amide bonds. The average molecular weight is 282 g/mol. The predicted molar refractivity (Wildman–Crippen MR) is 76.5 cm³/mol. The van der Waals surface area contributed by atoms with Gasteiger partial charge >= 0.3 is 5.69 Å². The van der Waals surface area contributed by atoms with Gasteiger partial charge in [-0.15, -0.1) is 0 Å². The van der Waals surface area contributed by atoms with E-state index >= 15 is 0 Å². The first-order valence-electron chi connectivity index (χ1n) is 6.83. The van der Waals surface area contributed by atoms with Gasteiger partial charge in [-0.1, -0.05) is 13.8 Å². The topological polar surface area (TPSA) is 99.1 Å². The maximum absolute atomic E-state index is 12.0. The van der Waals surface area contributed by atoms with E-state index in [1.54, 1.807) is 0 Å². The third kappa shape index (κ3) is 4.06. The molecule has 0 aliphatic heterocycles. The van der Waals surface area contributed by atoms with Crippen molar-refractivity contribution in [3.63, 3.8) is 0 Å². The third-order valence-corrected chi connectivity index (χ3v) is 3.16. The van der Waals surface area contributed by atoms with Gasteiger partial charge in [-0.25, -0.2) is 4.79 Å². The Balaban J connectivity index is 2.88. The van der Waals surface area contributed by atoms with Crippen LogP contribution in [0.4, 0.5) is 0 Å². The van der Waals surface area contributed by atoms with Crippen LogP contribution in [0, 0.1) is 0 Å². The number of hydrogen-bond donors (Lipinski definition) is 2. The minimum atomic E-state index is -0.511. The van der Waals surface area contributed by atoms with E-state index in [1.807, 2.05) is 13.8 Å². The van der Waals surface area contributed by atoms with E-state index in [0.29, 0.717) is 0 Å². The zero-order valence-electron chi connectivity index (χ0n) is 12.0. The molecule has 0 atom stereocenters. The number of nitrogens with one attached hydrogen (secondary N) is 1.